The van der Waals surface area contributed by atoms with Crippen molar-refractivity contribution in [2.24, 2.45) is 5.90 Å². The van der Waals surface area contributed by atoms with E-state index in [2.05, 4.69) is 23.8 Å². The zero-order valence-corrected chi connectivity index (χ0v) is 6.82. The summed E-state index contributed by atoms with van der Waals surface area (Å²) in [7, 11) is 0. The number of nitrogens with zero attached hydrogens (tertiary/aromatic N) is 2. The highest BCUT2D eigenvalue weighted by Crippen LogP contribution is 2.07. The van der Waals surface area contributed by atoms with E-state index in [0.29, 0.717) is 12.6 Å². The smallest absolute Gasteiger partial charge is 0.110 e. The van der Waals surface area contributed by atoms with Gasteiger partial charge in [-0.1, -0.05) is 0 Å². The Morgan fingerprint density at radius 1 is 1.73 bits per heavy atom. The highest BCUT2D eigenvalue weighted by atomic mass is 16.6. The Bertz CT molecular complexity index is 219. The van der Waals surface area contributed by atoms with Crippen LogP contribution in [-0.4, -0.2) is 9.78 Å². The summed E-state index contributed by atoms with van der Waals surface area (Å²) in [5, 5.41) is 4.12. The predicted molar refractivity (Wildman–Crippen MR) is 41.6 cm³/mol. The maximum absolute atomic E-state index is 4.95. The third-order valence-corrected chi connectivity index (χ3v) is 1.47. The molecule has 0 spiro atoms. The van der Waals surface area contributed by atoms with Gasteiger partial charge in [-0.25, -0.2) is 5.90 Å². The molecule has 0 atom stereocenters. The lowest BCUT2D eigenvalue weighted by Crippen LogP contribution is -2.10. The van der Waals surface area contributed by atoms with Gasteiger partial charge in [0.1, 0.15) is 6.61 Å². The maximum Gasteiger partial charge on any atom is 0.110 e. The number of hydrogen-bond donors (Lipinski definition) is 1. The third-order valence-electron chi connectivity index (χ3n) is 1.47. The van der Waals surface area contributed by atoms with E-state index in [1.807, 2.05) is 10.7 Å². The van der Waals surface area contributed by atoms with Gasteiger partial charge in [-0.3, -0.25) is 9.52 Å². The van der Waals surface area contributed by atoms with Crippen LogP contribution in [0.3, 0.4) is 0 Å². The first-order valence-electron chi connectivity index (χ1n) is 3.59. The summed E-state index contributed by atoms with van der Waals surface area (Å²) in [6.07, 6.45) is 1.74. The molecule has 0 aliphatic rings. The van der Waals surface area contributed by atoms with E-state index in [1.54, 1.807) is 6.20 Å². The Morgan fingerprint density at radius 3 is 3.00 bits per heavy atom. The van der Waals surface area contributed by atoms with Crippen molar-refractivity contribution in [3.8, 4) is 0 Å². The van der Waals surface area contributed by atoms with E-state index in [0.717, 1.165) is 5.69 Å². The zero-order valence-electron chi connectivity index (χ0n) is 6.82. The fraction of sp³-hybridized carbons (Fsp3) is 0.571. The van der Waals surface area contributed by atoms with Gasteiger partial charge in [0.05, 0.1) is 5.69 Å². The fourth-order valence-corrected chi connectivity index (χ4v) is 1.01. The van der Waals surface area contributed by atoms with Crippen molar-refractivity contribution in [2.45, 2.75) is 26.5 Å². The van der Waals surface area contributed by atoms with Gasteiger partial charge in [-0.2, -0.15) is 5.10 Å². The number of aromatic nitrogens is 2. The van der Waals surface area contributed by atoms with Crippen molar-refractivity contribution < 1.29 is 4.84 Å². The number of nitrogens with two attached hydrogens (primary N) is 1. The summed E-state index contributed by atoms with van der Waals surface area (Å²) in [6.45, 7) is 4.54. The third kappa shape index (κ3) is 1.78. The van der Waals surface area contributed by atoms with E-state index in [1.165, 1.54) is 0 Å². The van der Waals surface area contributed by atoms with Crippen molar-refractivity contribution in [3.63, 3.8) is 0 Å². The number of rotatable bonds is 3. The molecule has 0 saturated heterocycles. The van der Waals surface area contributed by atoms with Crippen LogP contribution in [0.15, 0.2) is 12.3 Å². The van der Waals surface area contributed by atoms with Gasteiger partial charge in [0, 0.05) is 12.2 Å². The quantitative estimate of drug-likeness (QED) is 0.658. The van der Waals surface area contributed by atoms with Gasteiger partial charge < -0.3 is 0 Å². The van der Waals surface area contributed by atoms with Gasteiger partial charge in [-0.05, 0) is 19.9 Å². The molecule has 1 aromatic heterocycles. The van der Waals surface area contributed by atoms with Crippen LogP contribution in [0.5, 0.6) is 0 Å². The maximum atomic E-state index is 4.95. The van der Waals surface area contributed by atoms with Crippen LogP contribution in [0.25, 0.3) is 0 Å². The minimum atomic E-state index is 0.357. The van der Waals surface area contributed by atoms with Gasteiger partial charge in [0.25, 0.3) is 0 Å². The Morgan fingerprint density at radius 2 is 2.45 bits per heavy atom. The number of hydrogen-bond acceptors (Lipinski definition) is 3. The van der Waals surface area contributed by atoms with Gasteiger partial charge in [-0.15, -0.1) is 0 Å². The molecule has 0 fully saturated rings. The van der Waals surface area contributed by atoms with Crippen molar-refractivity contribution in [3.05, 3.63) is 18.0 Å². The molecular formula is C7H13N3O. The van der Waals surface area contributed by atoms with Crippen LogP contribution in [0.4, 0.5) is 0 Å². The summed E-state index contributed by atoms with van der Waals surface area (Å²) < 4.78 is 1.88. The molecule has 1 rings (SSSR count). The molecule has 0 saturated carbocycles. The Hall–Kier alpha value is -0.870. The minimum absolute atomic E-state index is 0.357. The van der Waals surface area contributed by atoms with E-state index >= 15 is 0 Å². The second-order valence-corrected chi connectivity index (χ2v) is 2.67. The van der Waals surface area contributed by atoms with Crippen molar-refractivity contribution >= 4 is 0 Å². The summed E-state index contributed by atoms with van der Waals surface area (Å²) in [5.41, 5.74) is 1.00. The molecule has 1 aromatic rings. The first-order chi connectivity index (χ1) is 5.25. The van der Waals surface area contributed by atoms with Crippen molar-refractivity contribution in [1.29, 1.82) is 0 Å². The molecule has 4 nitrogen and oxygen atoms in total. The first-order valence-corrected chi connectivity index (χ1v) is 3.59. The molecule has 0 aliphatic carbocycles. The van der Waals surface area contributed by atoms with Crippen LogP contribution in [0.1, 0.15) is 25.6 Å². The van der Waals surface area contributed by atoms with E-state index in [-0.39, 0.29) is 0 Å². The van der Waals surface area contributed by atoms with Crippen LogP contribution in [0, 0.1) is 0 Å². The lowest BCUT2D eigenvalue weighted by Gasteiger charge is -2.09. The largest absolute Gasteiger partial charge is 0.298 e. The molecule has 0 radical (unpaired) electrons. The SMILES string of the molecule is CC(C)n1nccc1CON. The molecule has 62 valence electrons. The van der Waals surface area contributed by atoms with Crippen molar-refractivity contribution in [2.75, 3.05) is 0 Å². The second kappa shape index (κ2) is 3.50. The summed E-state index contributed by atoms with van der Waals surface area (Å²) in [5.74, 6) is 4.95. The molecule has 4 heteroatoms. The topological polar surface area (TPSA) is 53.1 Å². The second-order valence-electron chi connectivity index (χ2n) is 2.67. The van der Waals surface area contributed by atoms with Gasteiger partial charge in [0.15, 0.2) is 0 Å². The molecular weight excluding hydrogens is 142 g/mol. The lowest BCUT2D eigenvalue weighted by molar-refractivity contribution is 0.117. The highest BCUT2D eigenvalue weighted by Gasteiger charge is 2.04. The van der Waals surface area contributed by atoms with Crippen LogP contribution >= 0.6 is 0 Å². The first kappa shape index (κ1) is 8.23. The van der Waals surface area contributed by atoms with E-state index < -0.39 is 0 Å². The Labute approximate surface area is 65.9 Å². The average Bonchev–Trinajstić information content (AvgIpc) is 2.36. The summed E-state index contributed by atoms with van der Waals surface area (Å²) in [6, 6.07) is 2.25. The minimum Gasteiger partial charge on any atom is -0.298 e. The van der Waals surface area contributed by atoms with Gasteiger partial charge >= 0.3 is 0 Å². The average molecular weight is 155 g/mol. The highest BCUT2D eigenvalue weighted by molar-refractivity contribution is 4.99. The fourth-order valence-electron chi connectivity index (χ4n) is 1.01. The summed E-state index contributed by atoms with van der Waals surface area (Å²) in [4.78, 5) is 4.52. The molecule has 0 aromatic carbocycles. The molecule has 0 bridgehead atoms. The summed E-state index contributed by atoms with van der Waals surface area (Å²) >= 11 is 0. The molecule has 0 amide bonds. The molecule has 2 N–H and O–H groups in total. The van der Waals surface area contributed by atoms with Gasteiger partial charge in [0.2, 0.25) is 0 Å². The monoisotopic (exact) mass is 155 g/mol. The molecule has 1 heterocycles. The molecule has 0 aliphatic heterocycles. The van der Waals surface area contributed by atoms with Crippen molar-refractivity contribution in [1.82, 2.24) is 9.78 Å². The standard InChI is InChI=1S/C7H13N3O/c1-6(2)10-7(5-11-8)3-4-9-10/h3-4,6H,5,8H2,1-2H3. The predicted octanol–water partition coefficient (Wildman–Crippen LogP) is 0.854. The van der Waals surface area contributed by atoms with Crippen LogP contribution in [-0.2, 0) is 11.4 Å². The van der Waals surface area contributed by atoms with E-state index in [9.17, 15) is 0 Å². The Balaban J connectivity index is 2.78. The zero-order chi connectivity index (χ0) is 8.27. The lowest BCUT2D eigenvalue weighted by atomic mass is 10.3. The van der Waals surface area contributed by atoms with Crippen LogP contribution < -0.4 is 5.90 Å². The normalized spacial score (nSPS) is 10.9. The van der Waals surface area contributed by atoms with E-state index in [4.69, 9.17) is 5.90 Å². The Kier molecular flexibility index (Phi) is 2.62. The van der Waals surface area contributed by atoms with Crippen LogP contribution in [0.2, 0.25) is 0 Å². The molecule has 0 unspecified atom stereocenters. The molecule has 11 heavy (non-hydrogen) atoms.